The van der Waals surface area contributed by atoms with Gasteiger partial charge in [-0.1, -0.05) is 11.6 Å². The van der Waals surface area contributed by atoms with E-state index in [1.807, 2.05) is 0 Å². The lowest BCUT2D eigenvalue weighted by Crippen LogP contribution is -2.49. The molecule has 1 saturated heterocycles. The molecule has 3 N–H and O–H groups in total. The van der Waals surface area contributed by atoms with Crippen molar-refractivity contribution in [3.63, 3.8) is 0 Å². The second-order valence-corrected chi connectivity index (χ2v) is 6.57. The highest BCUT2D eigenvalue weighted by Crippen LogP contribution is 2.31. The van der Waals surface area contributed by atoms with Crippen molar-refractivity contribution in [3.8, 4) is 5.75 Å². The van der Waals surface area contributed by atoms with E-state index >= 15 is 0 Å². The Morgan fingerprint density at radius 3 is 2.70 bits per heavy atom. The van der Waals surface area contributed by atoms with Crippen molar-refractivity contribution < 1.29 is 18.3 Å². The van der Waals surface area contributed by atoms with E-state index in [1.54, 1.807) is 12.1 Å². The van der Waals surface area contributed by atoms with Gasteiger partial charge in [0.1, 0.15) is 22.5 Å². The number of pyridine rings is 1. The first-order chi connectivity index (χ1) is 13.0. The maximum absolute atomic E-state index is 14.5. The number of hydrogen-bond acceptors (Lipinski definition) is 4. The van der Waals surface area contributed by atoms with Crippen LogP contribution >= 0.6 is 11.6 Å². The minimum absolute atomic E-state index is 0.0681. The Morgan fingerprint density at radius 1 is 1.33 bits per heavy atom. The third-order valence-corrected chi connectivity index (χ3v) is 4.67. The molecule has 3 rings (SSSR count). The number of carbonyl (C=O) groups excluding carboxylic acids is 1. The highest BCUT2D eigenvalue weighted by molar-refractivity contribution is 6.29. The Kier molecular flexibility index (Phi) is 6.08. The smallest absolute Gasteiger partial charge is 0.319 e. The maximum Gasteiger partial charge on any atom is 0.319 e. The number of hydrogen-bond donors (Lipinski definition) is 3. The first-order valence-corrected chi connectivity index (χ1v) is 8.78. The molecule has 1 aliphatic heterocycles. The monoisotopic (exact) mass is 396 g/mol. The van der Waals surface area contributed by atoms with Crippen LogP contribution in [0.25, 0.3) is 0 Å². The van der Waals surface area contributed by atoms with Crippen molar-refractivity contribution >= 4 is 23.3 Å². The zero-order chi connectivity index (χ0) is 19.4. The molecule has 0 aliphatic carbocycles. The summed E-state index contributed by atoms with van der Waals surface area (Å²) in [6, 6.07) is 4.52. The lowest BCUT2D eigenvalue weighted by Gasteiger charge is -2.33. The standard InChI is InChI=1S/C18H19ClF2N4O2/c1-27-11-6-13(20)17(14(21)7-11)12-9-22-5-4-15(12)25-18(26)24-10-2-3-16(19)23-8-10/h2-3,6-8,12,15,22H,4-5,9H2,1H3,(H2,24,25,26). The van der Waals surface area contributed by atoms with Gasteiger partial charge in [-0.3, -0.25) is 0 Å². The molecule has 2 amide bonds. The molecule has 2 aromatic rings. The van der Waals surface area contributed by atoms with E-state index in [4.69, 9.17) is 16.3 Å². The minimum Gasteiger partial charge on any atom is -0.497 e. The number of carbonyl (C=O) groups is 1. The lowest BCUT2D eigenvalue weighted by molar-refractivity contribution is 0.240. The van der Waals surface area contributed by atoms with E-state index in [0.717, 1.165) is 12.1 Å². The van der Waals surface area contributed by atoms with Crippen molar-refractivity contribution in [1.82, 2.24) is 15.6 Å². The number of aromatic nitrogens is 1. The summed E-state index contributed by atoms with van der Waals surface area (Å²) in [5.41, 5.74) is 0.394. The molecule has 1 aromatic carbocycles. The zero-order valence-electron chi connectivity index (χ0n) is 14.6. The summed E-state index contributed by atoms with van der Waals surface area (Å²) in [7, 11) is 1.34. The van der Waals surface area contributed by atoms with E-state index in [2.05, 4.69) is 20.9 Å². The summed E-state index contributed by atoms with van der Waals surface area (Å²) in [6.45, 7) is 0.969. The van der Waals surface area contributed by atoms with E-state index in [1.165, 1.54) is 13.3 Å². The van der Waals surface area contributed by atoms with Crippen LogP contribution in [0.5, 0.6) is 5.75 Å². The van der Waals surface area contributed by atoms with Gasteiger partial charge >= 0.3 is 6.03 Å². The number of amides is 2. The molecule has 1 aliphatic rings. The summed E-state index contributed by atoms with van der Waals surface area (Å²) in [6.07, 6.45) is 1.95. The first-order valence-electron chi connectivity index (χ1n) is 8.40. The molecule has 9 heteroatoms. The second-order valence-electron chi connectivity index (χ2n) is 6.18. The highest BCUT2D eigenvalue weighted by atomic mass is 35.5. The molecule has 27 heavy (non-hydrogen) atoms. The van der Waals surface area contributed by atoms with Crippen molar-refractivity contribution in [3.05, 3.63) is 52.8 Å². The fourth-order valence-electron chi connectivity index (χ4n) is 3.15. The number of piperidine rings is 1. The fourth-order valence-corrected chi connectivity index (χ4v) is 3.26. The summed E-state index contributed by atoms with van der Waals surface area (Å²) in [4.78, 5) is 16.2. The SMILES string of the molecule is COc1cc(F)c(C2CNCCC2NC(=O)Nc2ccc(Cl)nc2)c(F)c1. The second kappa shape index (κ2) is 8.49. The van der Waals surface area contributed by atoms with Crippen LogP contribution in [0.2, 0.25) is 5.15 Å². The van der Waals surface area contributed by atoms with Crippen LogP contribution in [-0.2, 0) is 0 Å². The number of methoxy groups -OCH3 is 1. The highest BCUT2D eigenvalue weighted by Gasteiger charge is 2.32. The van der Waals surface area contributed by atoms with Crippen LogP contribution in [0.1, 0.15) is 17.9 Å². The van der Waals surface area contributed by atoms with Gasteiger partial charge < -0.3 is 20.7 Å². The number of ether oxygens (including phenoxy) is 1. The Balaban J connectivity index is 1.76. The molecular weight excluding hydrogens is 378 g/mol. The Bertz CT molecular complexity index is 797. The third kappa shape index (κ3) is 4.64. The Hall–Kier alpha value is -2.45. The van der Waals surface area contributed by atoms with Gasteiger partial charge in [0.15, 0.2) is 0 Å². The van der Waals surface area contributed by atoms with Gasteiger partial charge in [0.2, 0.25) is 0 Å². The van der Waals surface area contributed by atoms with Crippen LogP contribution in [0.3, 0.4) is 0 Å². The topological polar surface area (TPSA) is 75.3 Å². The van der Waals surface area contributed by atoms with Gasteiger partial charge in [0.05, 0.1) is 19.0 Å². The number of nitrogens with zero attached hydrogens (tertiary/aromatic N) is 1. The first kappa shape index (κ1) is 19.3. The van der Waals surface area contributed by atoms with E-state index in [0.29, 0.717) is 30.4 Å². The molecule has 0 radical (unpaired) electrons. The van der Waals surface area contributed by atoms with Crippen LogP contribution in [0.15, 0.2) is 30.5 Å². The molecule has 2 heterocycles. The van der Waals surface area contributed by atoms with Crippen molar-refractivity contribution in [2.24, 2.45) is 0 Å². The van der Waals surface area contributed by atoms with Crippen LogP contribution in [0.4, 0.5) is 19.3 Å². The van der Waals surface area contributed by atoms with Gasteiger partial charge in [-0.2, -0.15) is 0 Å². The minimum atomic E-state index is -0.699. The predicted octanol–water partition coefficient (Wildman–Crippen LogP) is 3.29. The molecular formula is C18H19ClF2N4O2. The van der Waals surface area contributed by atoms with Gasteiger partial charge in [-0.25, -0.2) is 18.6 Å². The number of halogens is 3. The summed E-state index contributed by atoms with van der Waals surface area (Å²) >= 11 is 5.72. The fraction of sp³-hybridized carbons (Fsp3) is 0.333. The number of urea groups is 1. The molecule has 0 spiro atoms. The van der Waals surface area contributed by atoms with Gasteiger partial charge in [-0.15, -0.1) is 0 Å². The van der Waals surface area contributed by atoms with Crippen LogP contribution in [0, 0.1) is 11.6 Å². The van der Waals surface area contributed by atoms with Gasteiger partial charge in [0, 0.05) is 36.2 Å². The predicted molar refractivity (Wildman–Crippen MR) is 98.3 cm³/mol. The summed E-state index contributed by atoms with van der Waals surface area (Å²) in [5, 5.41) is 8.86. The molecule has 1 aromatic heterocycles. The molecule has 0 saturated carbocycles. The molecule has 1 fully saturated rings. The number of nitrogens with one attached hydrogen (secondary N) is 3. The quantitative estimate of drug-likeness (QED) is 0.693. The van der Waals surface area contributed by atoms with E-state index in [9.17, 15) is 13.6 Å². The summed E-state index contributed by atoms with van der Waals surface area (Å²) < 4.78 is 33.9. The van der Waals surface area contributed by atoms with E-state index < -0.39 is 29.6 Å². The van der Waals surface area contributed by atoms with Crippen LogP contribution < -0.4 is 20.7 Å². The Labute approximate surface area is 160 Å². The summed E-state index contributed by atoms with van der Waals surface area (Å²) in [5.74, 6) is -1.85. The number of rotatable bonds is 4. The normalized spacial score (nSPS) is 19.4. The number of anilines is 1. The average molecular weight is 397 g/mol. The van der Waals surface area contributed by atoms with Gasteiger partial charge in [-0.05, 0) is 25.1 Å². The van der Waals surface area contributed by atoms with Crippen molar-refractivity contribution in [2.45, 2.75) is 18.4 Å². The molecule has 144 valence electrons. The molecule has 0 bridgehead atoms. The van der Waals surface area contributed by atoms with Crippen LogP contribution in [-0.4, -0.2) is 37.3 Å². The van der Waals surface area contributed by atoms with Crippen molar-refractivity contribution in [1.29, 1.82) is 0 Å². The molecule has 2 atom stereocenters. The lowest BCUT2D eigenvalue weighted by atomic mass is 9.86. The molecule has 6 nitrogen and oxygen atoms in total. The average Bonchev–Trinajstić information content (AvgIpc) is 2.64. The maximum atomic E-state index is 14.5. The van der Waals surface area contributed by atoms with Crippen molar-refractivity contribution in [2.75, 3.05) is 25.5 Å². The zero-order valence-corrected chi connectivity index (χ0v) is 15.3. The molecule has 2 unspecified atom stereocenters. The van der Waals surface area contributed by atoms with E-state index in [-0.39, 0.29) is 11.3 Å². The third-order valence-electron chi connectivity index (χ3n) is 4.44. The van der Waals surface area contributed by atoms with Gasteiger partial charge in [0.25, 0.3) is 0 Å². The number of benzene rings is 1. The Morgan fingerprint density at radius 2 is 2.07 bits per heavy atom. The largest absolute Gasteiger partial charge is 0.497 e.